The predicted molar refractivity (Wildman–Crippen MR) is 83.3 cm³/mol. The Morgan fingerprint density at radius 1 is 1.16 bits per heavy atom. The van der Waals surface area contributed by atoms with Gasteiger partial charge < -0.3 is 5.32 Å². The Morgan fingerprint density at radius 2 is 1.89 bits per heavy atom. The highest BCUT2D eigenvalue weighted by Gasteiger charge is 2.03. The van der Waals surface area contributed by atoms with Crippen LogP contribution >= 0.6 is 27.5 Å². The lowest BCUT2D eigenvalue weighted by molar-refractivity contribution is -0.111. The van der Waals surface area contributed by atoms with Crippen molar-refractivity contribution < 1.29 is 4.79 Å². The molecule has 0 aliphatic carbocycles. The second-order valence-corrected chi connectivity index (χ2v) is 5.15. The fourth-order valence-electron chi connectivity index (χ4n) is 1.50. The van der Waals surface area contributed by atoms with Gasteiger partial charge in [0.25, 0.3) is 0 Å². The highest BCUT2D eigenvalue weighted by Crippen LogP contribution is 2.25. The van der Waals surface area contributed by atoms with Gasteiger partial charge in [0.05, 0.1) is 5.69 Å². The molecule has 2 aromatic carbocycles. The van der Waals surface area contributed by atoms with E-state index in [0.29, 0.717) is 10.7 Å². The number of hydrogen-bond acceptors (Lipinski definition) is 1. The van der Waals surface area contributed by atoms with E-state index in [2.05, 4.69) is 21.2 Å². The van der Waals surface area contributed by atoms with Crippen LogP contribution in [0.3, 0.4) is 0 Å². The normalized spacial score (nSPS) is 10.6. The molecule has 2 aromatic rings. The highest BCUT2D eigenvalue weighted by molar-refractivity contribution is 9.10. The van der Waals surface area contributed by atoms with Crippen LogP contribution in [0.2, 0.25) is 5.02 Å². The SMILES string of the molecule is O=C(/C=C/c1ccccc1)Nc1ccc(Cl)cc1Br. The molecule has 0 aliphatic heterocycles. The fraction of sp³-hybridized carbons (Fsp3) is 0. The summed E-state index contributed by atoms with van der Waals surface area (Å²) in [5, 5.41) is 3.39. The minimum absolute atomic E-state index is 0.188. The first-order chi connectivity index (χ1) is 9.15. The standard InChI is InChI=1S/C15H11BrClNO/c16-13-10-12(17)7-8-14(13)18-15(19)9-6-11-4-2-1-3-5-11/h1-10H,(H,18,19)/b9-6+. The second-order valence-electron chi connectivity index (χ2n) is 3.86. The first kappa shape index (κ1) is 13.8. The van der Waals surface area contributed by atoms with Crippen LogP contribution in [0.15, 0.2) is 59.1 Å². The largest absolute Gasteiger partial charge is 0.321 e. The van der Waals surface area contributed by atoms with Gasteiger partial charge in [-0.15, -0.1) is 0 Å². The van der Waals surface area contributed by atoms with Gasteiger partial charge in [-0.05, 0) is 45.8 Å². The molecule has 0 heterocycles. The molecule has 2 nitrogen and oxygen atoms in total. The number of carbonyl (C=O) groups excluding carboxylic acids is 1. The van der Waals surface area contributed by atoms with Crippen molar-refractivity contribution in [2.24, 2.45) is 0 Å². The number of rotatable bonds is 3. The summed E-state index contributed by atoms with van der Waals surface area (Å²) >= 11 is 9.19. The van der Waals surface area contributed by atoms with Gasteiger partial charge in [-0.25, -0.2) is 0 Å². The third-order valence-electron chi connectivity index (χ3n) is 2.42. The lowest BCUT2D eigenvalue weighted by Crippen LogP contribution is -2.08. The Hall–Kier alpha value is -1.58. The fourth-order valence-corrected chi connectivity index (χ4v) is 2.28. The lowest BCUT2D eigenvalue weighted by atomic mass is 10.2. The minimum atomic E-state index is -0.188. The molecule has 4 heteroatoms. The van der Waals surface area contributed by atoms with E-state index in [1.807, 2.05) is 30.3 Å². The van der Waals surface area contributed by atoms with Crippen LogP contribution in [0.1, 0.15) is 5.56 Å². The van der Waals surface area contributed by atoms with Crippen LogP contribution in [-0.4, -0.2) is 5.91 Å². The first-order valence-corrected chi connectivity index (χ1v) is 6.81. The zero-order chi connectivity index (χ0) is 13.7. The van der Waals surface area contributed by atoms with Gasteiger partial charge in [-0.2, -0.15) is 0 Å². The predicted octanol–water partition coefficient (Wildman–Crippen LogP) is 4.75. The Kier molecular flexibility index (Phi) is 4.77. The summed E-state index contributed by atoms with van der Waals surface area (Å²) in [6.07, 6.45) is 3.26. The zero-order valence-corrected chi connectivity index (χ0v) is 12.3. The van der Waals surface area contributed by atoms with Crippen LogP contribution in [-0.2, 0) is 4.79 Å². The Morgan fingerprint density at radius 3 is 2.58 bits per heavy atom. The second kappa shape index (κ2) is 6.55. The summed E-state index contributed by atoms with van der Waals surface area (Å²) in [6.45, 7) is 0. The summed E-state index contributed by atoms with van der Waals surface area (Å²) in [5.41, 5.74) is 1.67. The zero-order valence-electron chi connectivity index (χ0n) is 9.94. The maximum atomic E-state index is 11.8. The molecule has 0 atom stereocenters. The van der Waals surface area contributed by atoms with Gasteiger partial charge in [0.1, 0.15) is 0 Å². The molecule has 0 radical (unpaired) electrons. The van der Waals surface area contributed by atoms with E-state index in [9.17, 15) is 4.79 Å². The van der Waals surface area contributed by atoms with E-state index in [-0.39, 0.29) is 5.91 Å². The number of benzene rings is 2. The maximum absolute atomic E-state index is 11.8. The third kappa shape index (κ3) is 4.23. The molecule has 19 heavy (non-hydrogen) atoms. The number of amides is 1. The van der Waals surface area contributed by atoms with Crippen molar-refractivity contribution in [2.75, 3.05) is 5.32 Å². The van der Waals surface area contributed by atoms with Crippen molar-refractivity contribution in [2.45, 2.75) is 0 Å². The average Bonchev–Trinajstić information content (AvgIpc) is 2.41. The van der Waals surface area contributed by atoms with Crippen molar-refractivity contribution in [1.82, 2.24) is 0 Å². The summed E-state index contributed by atoms with van der Waals surface area (Å²) in [5.74, 6) is -0.188. The van der Waals surface area contributed by atoms with E-state index in [1.165, 1.54) is 6.08 Å². The van der Waals surface area contributed by atoms with Gasteiger partial charge in [0.2, 0.25) is 5.91 Å². The molecule has 0 saturated heterocycles. The Bertz CT molecular complexity index is 611. The number of carbonyl (C=O) groups is 1. The molecule has 0 saturated carbocycles. The van der Waals surface area contributed by atoms with Gasteiger partial charge in [-0.3, -0.25) is 4.79 Å². The molecule has 0 aliphatic rings. The maximum Gasteiger partial charge on any atom is 0.248 e. The lowest BCUT2D eigenvalue weighted by Gasteiger charge is -2.05. The number of anilines is 1. The summed E-state index contributed by atoms with van der Waals surface area (Å²) in [7, 11) is 0. The smallest absolute Gasteiger partial charge is 0.248 e. The van der Waals surface area contributed by atoms with E-state index in [4.69, 9.17) is 11.6 Å². The minimum Gasteiger partial charge on any atom is -0.321 e. The van der Waals surface area contributed by atoms with Crippen molar-refractivity contribution in [3.05, 3.63) is 69.7 Å². The van der Waals surface area contributed by atoms with Crippen molar-refractivity contribution in [3.8, 4) is 0 Å². The number of hydrogen-bond donors (Lipinski definition) is 1. The van der Waals surface area contributed by atoms with Crippen LogP contribution in [0.4, 0.5) is 5.69 Å². The van der Waals surface area contributed by atoms with Crippen LogP contribution in [0.5, 0.6) is 0 Å². The van der Waals surface area contributed by atoms with Gasteiger partial charge in [0, 0.05) is 15.6 Å². The highest BCUT2D eigenvalue weighted by atomic mass is 79.9. The summed E-state index contributed by atoms with van der Waals surface area (Å²) in [4.78, 5) is 11.8. The number of nitrogens with one attached hydrogen (secondary N) is 1. The summed E-state index contributed by atoms with van der Waals surface area (Å²) in [6, 6.07) is 14.9. The van der Waals surface area contributed by atoms with Crippen LogP contribution in [0.25, 0.3) is 6.08 Å². The van der Waals surface area contributed by atoms with Crippen LogP contribution < -0.4 is 5.32 Å². The molecular weight excluding hydrogens is 326 g/mol. The quantitative estimate of drug-likeness (QED) is 0.805. The summed E-state index contributed by atoms with van der Waals surface area (Å²) < 4.78 is 0.751. The van der Waals surface area contributed by atoms with Crippen molar-refractivity contribution in [3.63, 3.8) is 0 Å². The van der Waals surface area contributed by atoms with Crippen molar-refractivity contribution in [1.29, 1.82) is 0 Å². The molecule has 1 amide bonds. The number of halogens is 2. The Labute approximate surface area is 125 Å². The van der Waals surface area contributed by atoms with Gasteiger partial charge in [-0.1, -0.05) is 41.9 Å². The first-order valence-electron chi connectivity index (χ1n) is 5.64. The third-order valence-corrected chi connectivity index (χ3v) is 3.31. The van der Waals surface area contributed by atoms with Gasteiger partial charge >= 0.3 is 0 Å². The van der Waals surface area contributed by atoms with Crippen LogP contribution in [0, 0.1) is 0 Å². The monoisotopic (exact) mass is 335 g/mol. The van der Waals surface area contributed by atoms with E-state index >= 15 is 0 Å². The van der Waals surface area contributed by atoms with E-state index in [1.54, 1.807) is 24.3 Å². The average molecular weight is 337 g/mol. The van der Waals surface area contributed by atoms with Gasteiger partial charge in [0.15, 0.2) is 0 Å². The molecule has 0 unspecified atom stereocenters. The van der Waals surface area contributed by atoms with E-state index < -0.39 is 0 Å². The molecule has 0 fully saturated rings. The van der Waals surface area contributed by atoms with Crippen molar-refractivity contribution >= 4 is 45.2 Å². The van der Waals surface area contributed by atoms with E-state index in [0.717, 1.165) is 10.0 Å². The molecule has 1 N–H and O–H groups in total. The molecule has 2 rings (SSSR count). The molecule has 0 aromatic heterocycles. The molecular formula is C15H11BrClNO. The molecule has 96 valence electrons. The molecule has 0 bridgehead atoms. The Balaban J connectivity index is 2.04. The topological polar surface area (TPSA) is 29.1 Å². The molecule has 0 spiro atoms.